The second kappa shape index (κ2) is 5.02. The van der Waals surface area contributed by atoms with E-state index >= 15 is 0 Å². The number of rotatable bonds is 1. The van der Waals surface area contributed by atoms with Crippen LogP contribution in [0.15, 0.2) is 34.8 Å². The van der Waals surface area contributed by atoms with Gasteiger partial charge in [-0.2, -0.15) is 5.26 Å². The number of hydrogen-bond acceptors (Lipinski definition) is 3. The molecule has 0 aliphatic rings. The molecular weight excluding hydrogens is 359 g/mol. The van der Waals surface area contributed by atoms with Gasteiger partial charge in [0, 0.05) is 6.07 Å². The lowest BCUT2D eigenvalue weighted by atomic mass is 10.2. The van der Waals surface area contributed by atoms with Gasteiger partial charge in [0.25, 0.3) is 0 Å². The number of fused-ring (bicyclic) bond motifs is 1. The number of anilines is 1. The molecule has 1 heterocycles. The molecular formula is C14H7BrClFN4. The average Bonchev–Trinajstić information content (AvgIpc) is 2.75. The summed E-state index contributed by atoms with van der Waals surface area (Å²) in [5, 5.41) is 9.21. The number of nitrogens with zero attached hydrogens (tertiary/aromatic N) is 3. The van der Waals surface area contributed by atoms with E-state index in [0.29, 0.717) is 31.8 Å². The van der Waals surface area contributed by atoms with Crippen LogP contribution >= 0.6 is 27.5 Å². The van der Waals surface area contributed by atoms with E-state index < -0.39 is 5.82 Å². The molecule has 0 fully saturated rings. The lowest BCUT2D eigenvalue weighted by Gasteiger charge is -2.09. The van der Waals surface area contributed by atoms with Crippen LogP contribution in [-0.2, 0) is 0 Å². The third-order valence-electron chi connectivity index (χ3n) is 3.04. The molecule has 0 amide bonds. The van der Waals surface area contributed by atoms with E-state index in [-0.39, 0.29) is 5.95 Å². The van der Waals surface area contributed by atoms with Crippen LogP contribution in [0.5, 0.6) is 0 Å². The summed E-state index contributed by atoms with van der Waals surface area (Å²) in [6, 6.07) is 9.67. The molecule has 4 nitrogen and oxygen atoms in total. The Balaban J connectivity index is 2.32. The van der Waals surface area contributed by atoms with E-state index in [1.54, 1.807) is 22.8 Å². The van der Waals surface area contributed by atoms with Gasteiger partial charge in [0.15, 0.2) is 0 Å². The smallest absolute Gasteiger partial charge is 0.205 e. The highest BCUT2D eigenvalue weighted by atomic mass is 79.9. The van der Waals surface area contributed by atoms with Crippen LogP contribution in [0.2, 0.25) is 5.02 Å². The number of imidazole rings is 1. The first-order valence-electron chi connectivity index (χ1n) is 5.84. The van der Waals surface area contributed by atoms with Crippen molar-refractivity contribution in [2.45, 2.75) is 0 Å². The van der Waals surface area contributed by atoms with Crippen LogP contribution in [0.4, 0.5) is 10.3 Å². The molecule has 0 radical (unpaired) electrons. The normalized spacial score (nSPS) is 10.8. The van der Waals surface area contributed by atoms with Gasteiger partial charge in [0.2, 0.25) is 5.95 Å². The third kappa shape index (κ3) is 2.24. The molecule has 2 N–H and O–H groups in total. The van der Waals surface area contributed by atoms with Crippen LogP contribution in [0, 0.1) is 17.1 Å². The highest BCUT2D eigenvalue weighted by Crippen LogP contribution is 2.31. The van der Waals surface area contributed by atoms with Gasteiger partial charge in [-0.3, -0.25) is 4.57 Å². The summed E-state index contributed by atoms with van der Waals surface area (Å²) in [7, 11) is 0. The Morgan fingerprint density at radius 3 is 2.76 bits per heavy atom. The monoisotopic (exact) mass is 364 g/mol. The van der Waals surface area contributed by atoms with Crippen molar-refractivity contribution in [2.75, 3.05) is 5.73 Å². The molecule has 0 bridgehead atoms. The molecule has 0 atom stereocenters. The standard InChI is InChI=1S/C14H7BrClFN4/c15-8-4-11-13(5-10(8)17)21(14(19)20-11)12-2-1-7(6-18)3-9(12)16/h1-5H,(H2,19,20). The fourth-order valence-corrected chi connectivity index (χ4v) is 2.70. The fourth-order valence-electron chi connectivity index (χ4n) is 2.10. The van der Waals surface area contributed by atoms with Gasteiger partial charge >= 0.3 is 0 Å². The number of benzene rings is 2. The zero-order valence-corrected chi connectivity index (χ0v) is 12.8. The van der Waals surface area contributed by atoms with Crippen molar-refractivity contribution >= 4 is 44.5 Å². The maximum Gasteiger partial charge on any atom is 0.205 e. The predicted molar refractivity (Wildman–Crippen MR) is 82.9 cm³/mol. The average molecular weight is 366 g/mol. The number of halogens is 3. The first-order valence-corrected chi connectivity index (χ1v) is 7.01. The van der Waals surface area contributed by atoms with Gasteiger partial charge in [0.1, 0.15) is 5.82 Å². The summed E-state index contributed by atoms with van der Waals surface area (Å²) in [5.41, 5.74) is 7.93. The van der Waals surface area contributed by atoms with Crippen LogP contribution < -0.4 is 5.73 Å². The SMILES string of the molecule is N#Cc1ccc(-n2c(N)nc3cc(Br)c(F)cc32)c(Cl)c1. The van der Waals surface area contributed by atoms with Gasteiger partial charge in [0.05, 0.1) is 37.8 Å². The second-order valence-electron chi connectivity index (χ2n) is 4.34. The molecule has 7 heteroatoms. The summed E-state index contributed by atoms with van der Waals surface area (Å²) in [6.45, 7) is 0. The molecule has 0 saturated carbocycles. The van der Waals surface area contributed by atoms with E-state index in [1.807, 2.05) is 6.07 Å². The first kappa shape index (κ1) is 13.9. The van der Waals surface area contributed by atoms with Gasteiger partial charge < -0.3 is 5.73 Å². The summed E-state index contributed by atoms with van der Waals surface area (Å²) >= 11 is 9.30. The van der Waals surface area contributed by atoms with Gasteiger partial charge in [-0.1, -0.05) is 11.6 Å². The van der Waals surface area contributed by atoms with E-state index in [9.17, 15) is 4.39 Å². The van der Waals surface area contributed by atoms with E-state index in [4.69, 9.17) is 22.6 Å². The lowest BCUT2D eigenvalue weighted by Crippen LogP contribution is -2.01. The van der Waals surface area contributed by atoms with Crippen LogP contribution in [0.1, 0.15) is 5.56 Å². The molecule has 21 heavy (non-hydrogen) atoms. The van der Waals surface area contributed by atoms with Crippen molar-refractivity contribution in [3.05, 3.63) is 51.2 Å². The Morgan fingerprint density at radius 2 is 2.10 bits per heavy atom. The highest BCUT2D eigenvalue weighted by molar-refractivity contribution is 9.10. The quantitative estimate of drug-likeness (QED) is 0.708. The van der Waals surface area contributed by atoms with Gasteiger partial charge in [-0.05, 0) is 40.2 Å². The first-order chi connectivity index (χ1) is 10.0. The maximum atomic E-state index is 13.8. The minimum Gasteiger partial charge on any atom is -0.369 e. The minimum absolute atomic E-state index is 0.189. The Labute approximate surface area is 132 Å². The van der Waals surface area contributed by atoms with E-state index in [1.165, 1.54) is 12.1 Å². The zero-order valence-electron chi connectivity index (χ0n) is 10.4. The minimum atomic E-state index is -0.423. The van der Waals surface area contributed by atoms with Crippen molar-refractivity contribution in [2.24, 2.45) is 0 Å². The molecule has 3 rings (SSSR count). The van der Waals surface area contributed by atoms with Gasteiger partial charge in [-0.25, -0.2) is 9.37 Å². The number of nitrogens with two attached hydrogens (primary N) is 1. The predicted octanol–water partition coefficient (Wildman–Crippen LogP) is 4.03. The summed E-state index contributed by atoms with van der Waals surface area (Å²) < 4.78 is 15.6. The van der Waals surface area contributed by atoms with Crippen LogP contribution in [0.25, 0.3) is 16.7 Å². The van der Waals surface area contributed by atoms with Crippen molar-refractivity contribution in [1.82, 2.24) is 9.55 Å². The Kier molecular flexibility index (Phi) is 3.32. The van der Waals surface area contributed by atoms with Crippen molar-refractivity contribution in [1.29, 1.82) is 5.26 Å². The lowest BCUT2D eigenvalue weighted by molar-refractivity contribution is 0.622. The molecule has 1 aromatic heterocycles. The maximum absolute atomic E-state index is 13.8. The number of aromatic nitrogens is 2. The van der Waals surface area contributed by atoms with E-state index in [0.717, 1.165) is 0 Å². The zero-order chi connectivity index (χ0) is 15.1. The van der Waals surface area contributed by atoms with Crippen molar-refractivity contribution < 1.29 is 4.39 Å². The molecule has 3 aromatic rings. The second-order valence-corrected chi connectivity index (χ2v) is 5.60. The number of nitriles is 1. The molecule has 0 aliphatic carbocycles. The van der Waals surface area contributed by atoms with Gasteiger partial charge in [-0.15, -0.1) is 0 Å². The van der Waals surface area contributed by atoms with Crippen LogP contribution in [0.3, 0.4) is 0 Å². The Morgan fingerprint density at radius 1 is 1.33 bits per heavy atom. The molecule has 0 unspecified atom stereocenters. The topological polar surface area (TPSA) is 67.6 Å². The molecule has 0 saturated heterocycles. The molecule has 2 aromatic carbocycles. The summed E-state index contributed by atoms with van der Waals surface area (Å²) in [5.74, 6) is -0.234. The molecule has 0 spiro atoms. The Bertz CT molecular complexity index is 913. The van der Waals surface area contributed by atoms with Crippen molar-refractivity contribution in [3.8, 4) is 11.8 Å². The fraction of sp³-hybridized carbons (Fsp3) is 0. The molecule has 0 aliphatic heterocycles. The highest BCUT2D eigenvalue weighted by Gasteiger charge is 2.15. The van der Waals surface area contributed by atoms with E-state index in [2.05, 4.69) is 20.9 Å². The number of nitrogen functional groups attached to an aromatic ring is 1. The summed E-state index contributed by atoms with van der Waals surface area (Å²) in [6.07, 6.45) is 0. The Hall–Kier alpha value is -2.10. The number of hydrogen-bond donors (Lipinski definition) is 1. The van der Waals surface area contributed by atoms with Crippen LogP contribution in [-0.4, -0.2) is 9.55 Å². The van der Waals surface area contributed by atoms with Crippen molar-refractivity contribution in [3.63, 3.8) is 0 Å². The third-order valence-corrected chi connectivity index (χ3v) is 3.95. The largest absolute Gasteiger partial charge is 0.369 e. The molecule has 104 valence electrons. The summed E-state index contributed by atoms with van der Waals surface area (Å²) in [4.78, 5) is 4.20.